The fraction of sp³-hybridized carbons (Fsp3) is 0.600. The van der Waals surface area contributed by atoms with E-state index < -0.39 is 17.2 Å². The highest BCUT2D eigenvalue weighted by molar-refractivity contribution is 6.31. The Hall–Kier alpha value is -2.51. The van der Waals surface area contributed by atoms with Gasteiger partial charge in [0.25, 0.3) is 0 Å². The molecule has 2 heterocycles. The van der Waals surface area contributed by atoms with Crippen LogP contribution in [0.1, 0.15) is 102 Å². The highest BCUT2D eigenvalue weighted by Crippen LogP contribution is 2.58. The normalized spacial score (nSPS) is 23.5. The van der Waals surface area contributed by atoms with Crippen molar-refractivity contribution in [3.63, 3.8) is 0 Å². The molecule has 0 saturated carbocycles. The van der Waals surface area contributed by atoms with E-state index in [1.54, 1.807) is 13.0 Å². The van der Waals surface area contributed by atoms with Gasteiger partial charge in [-0.25, -0.2) is 8.78 Å². The summed E-state index contributed by atoms with van der Waals surface area (Å²) in [5.74, 6) is -0.745. The Morgan fingerprint density at radius 2 is 1.70 bits per heavy atom. The van der Waals surface area contributed by atoms with Crippen LogP contribution in [0, 0.1) is 18.6 Å². The van der Waals surface area contributed by atoms with E-state index in [2.05, 4.69) is 63.9 Å². The number of piperidine rings is 1. The lowest BCUT2D eigenvalue weighted by molar-refractivity contribution is -0.122. The molecule has 2 amide bonds. The van der Waals surface area contributed by atoms with Crippen molar-refractivity contribution in [3.05, 3.63) is 69.2 Å². The first-order valence-corrected chi connectivity index (χ1v) is 15.8. The second kappa shape index (κ2) is 12.1. The lowest BCUT2D eigenvalue weighted by Gasteiger charge is -2.45. The van der Waals surface area contributed by atoms with Gasteiger partial charge in [0.15, 0.2) is 0 Å². The van der Waals surface area contributed by atoms with Crippen LogP contribution in [-0.2, 0) is 20.4 Å². The number of carbonyl (C=O) groups excluding carboxylic acids is 2. The summed E-state index contributed by atoms with van der Waals surface area (Å²) < 4.78 is 26.5. The van der Waals surface area contributed by atoms with Crippen LogP contribution in [0.3, 0.4) is 0 Å². The molecule has 2 fully saturated rings. The minimum atomic E-state index is -0.503. The van der Waals surface area contributed by atoms with Gasteiger partial charge < -0.3 is 10.2 Å². The number of rotatable bonds is 4. The van der Waals surface area contributed by atoms with Gasteiger partial charge in [0.2, 0.25) is 12.3 Å². The number of carbonyl (C=O) groups is 2. The fourth-order valence-electron chi connectivity index (χ4n) is 7.54. The zero-order valence-electron chi connectivity index (χ0n) is 27.0. The predicted molar refractivity (Wildman–Crippen MR) is 170 cm³/mol. The van der Waals surface area contributed by atoms with Gasteiger partial charge in [-0.1, -0.05) is 30.7 Å². The Bertz CT molecular complexity index is 1360. The molecule has 8 heteroatoms. The summed E-state index contributed by atoms with van der Waals surface area (Å²) in [5, 5.41) is 3.94. The first-order valence-electron chi connectivity index (χ1n) is 15.4. The molecular weight excluding hydrogens is 568 g/mol. The van der Waals surface area contributed by atoms with Crippen LogP contribution in [0.4, 0.5) is 8.78 Å². The maximum atomic E-state index is 13.7. The van der Waals surface area contributed by atoms with E-state index in [4.69, 9.17) is 11.6 Å². The zero-order valence-corrected chi connectivity index (χ0v) is 27.8. The van der Waals surface area contributed by atoms with Gasteiger partial charge in [-0.15, -0.1) is 0 Å². The molecule has 1 unspecified atom stereocenters. The van der Waals surface area contributed by atoms with Crippen molar-refractivity contribution in [2.45, 2.75) is 109 Å². The summed E-state index contributed by atoms with van der Waals surface area (Å²) in [4.78, 5) is 27.2. The first-order chi connectivity index (χ1) is 19.9. The van der Waals surface area contributed by atoms with Gasteiger partial charge >= 0.3 is 0 Å². The van der Waals surface area contributed by atoms with Crippen molar-refractivity contribution in [2.24, 2.45) is 0 Å². The average molecular weight is 616 g/mol. The van der Waals surface area contributed by atoms with E-state index >= 15 is 0 Å². The predicted octanol–water partition coefficient (Wildman–Crippen LogP) is 7.27. The molecule has 5 rings (SSSR count). The molecule has 1 N–H and O–H groups in total. The summed E-state index contributed by atoms with van der Waals surface area (Å²) in [6.07, 6.45) is 4.75. The van der Waals surface area contributed by atoms with E-state index in [9.17, 15) is 18.4 Å². The number of aryl methyl sites for hydroxylation is 1. The molecule has 2 aromatic rings. The zero-order chi connectivity index (χ0) is 32.0. The van der Waals surface area contributed by atoms with Crippen LogP contribution >= 0.6 is 11.6 Å². The van der Waals surface area contributed by atoms with Gasteiger partial charge in [0.05, 0.1) is 0 Å². The average Bonchev–Trinajstić information content (AvgIpc) is 3.48. The quantitative estimate of drug-likeness (QED) is 0.368. The summed E-state index contributed by atoms with van der Waals surface area (Å²) in [7, 11) is 0. The molecule has 0 bridgehead atoms. The Kier molecular flexibility index (Phi) is 9.41. The van der Waals surface area contributed by atoms with Crippen molar-refractivity contribution in [2.75, 3.05) is 26.2 Å². The molecule has 43 heavy (non-hydrogen) atoms. The minimum Gasteiger partial charge on any atom is -0.351 e. The SMILES string of the molecule is CC(=O)NC(C)(C)[C@]1(C)CC2(CCN(C=O)CC2)c2cc(C)c(Cl)cc21.CC(C)(C)N1CCC(c2ccc(F)cc2F)C1. The van der Waals surface area contributed by atoms with Crippen molar-refractivity contribution in [1.82, 2.24) is 15.1 Å². The van der Waals surface area contributed by atoms with Crippen LogP contribution in [0.2, 0.25) is 5.02 Å². The number of amides is 2. The van der Waals surface area contributed by atoms with Gasteiger partial charge in [0, 0.05) is 60.1 Å². The standard InChI is InChI=1S/C21H29ClN2O2.C14H19F2N/c1-14-10-17-16(11-18(14)22)20(5,19(3,4)23-15(2)26)12-21(17)6-8-24(13-25)9-7-21;1-14(2,3)17-7-6-10(9-17)12-5-4-11(15)8-13(12)16/h10-11,13H,6-9,12H2,1-5H3,(H,23,26);4-5,8,10H,6-7,9H2,1-3H3/t20-;/m1./s1. The molecule has 0 radical (unpaired) electrons. The van der Waals surface area contributed by atoms with Gasteiger partial charge in [-0.05, 0) is 114 Å². The van der Waals surface area contributed by atoms with Crippen molar-refractivity contribution in [3.8, 4) is 0 Å². The number of nitrogens with zero attached hydrogens (tertiary/aromatic N) is 2. The van der Waals surface area contributed by atoms with E-state index in [-0.39, 0.29) is 28.2 Å². The second-order valence-corrected chi connectivity index (χ2v) is 15.1. The minimum absolute atomic E-state index is 0.0206. The Morgan fingerprint density at radius 1 is 1.05 bits per heavy atom. The van der Waals surface area contributed by atoms with Crippen LogP contribution < -0.4 is 5.32 Å². The molecule has 3 aliphatic rings. The molecule has 5 nitrogen and oxygen atoms in total. The molecule has 2 aromatic carbocycles. The Morgan fingerprint density at radius 3 is 2.23 bits per heavy atom. The molecule has 0 aromatic heterocycles. The summed E-state index contributed by atoms with van der Waals surface area (Å²) in [5.41, 5.74) is 3.85. The topological polar surface area (TPSA) is 52.7 Å². The highest BCUT2D eigenvalue weighted by Gasteiger charge is 2.57. The Labute approximate surface area is 261 Å². The molecule has 2 atom stereocenters. The van der Waals surface area contributed by atoms with E-state index in [1.165, 1.54) is 17.2 Å². The molecule has 236 valence electrons. The van der Waals surface area contributed by atoms with E-state index in [0.29, 0.717) is 5.56 Å². The molecule has 1 spiro atoms. The summed E-state index contributed by atoms with van der Waals surface area (Å²) >= 11 is 6.51. The monoisotopic (exact) mass is 615 g/mol. The maximum Gasteiger partial charge on any atom is 0.217 e. The highest BCUT2D eigenvalue weighted by atomic mass is 35.5. The number of nitrogens with one attached hydrogen (secondary N) is 1. The van der Waals surface area contributed by atoms with Crippen LogP contribution in [0.15, 0.2) is 30.3 Å². The van der Waals surface area contributed by atoms with Crippen molar-refractivity contribution >= 4 is 23.9 Å². The largest absolute Gasteiger partial charge is 0.351 e. The van der Waals surface area contributed by atoms with Crippen LogP contribution in [-0.4, -0.2) is 59.4 Å². The van der Waals surface area contributed by atoms with Gasteiger partial charge in [0.1, 0.15) is 11.6 Å². The summed E-state index contributed by atoms with van der Waals surface area (Å²) in [6.45, 7) is 19.9. The molecular formula is C35H48ClF2N3O2. The smallest absolute Gasteiger partial charge is 0.217 e. The molecule has 2 aliphatic heterocycles. The van der Waals surface area contributed by atoms with Crippen LogP contribution in [0.5, 0.6) is 0 Å². The van der Waals surface area contributed by atoms with Gasteiger partial charge in [-0.3, -0.25) is 14.5 Å². The van der Waals surface area contributed by atoms with E-state index in [0.717, 1.165) is 74.9 Å². The number of halogens is 3. The van der Waals surface area contributed by atoms with Crippen molar-refractivity contribution in [1.29, 1.82) is 0 Å². The lowest BCUT2D eigenvalue weighted by Crippen LogP contribution is -2.57. The third kappa shape index (κ3) is 6.63. The third-order valence-corrected chi connectivity index (χ3v) is 10.9. The number of fused-ring (bicyclic) bond motifs is 2. The second-order valence-electron chi connectivity index (χ2n) is 14.7. The Balaban J connectivity index is 0.000000215. The molecule has 2 saturated heterocycles. The van der Waals surface area contributed by atoms with Gasteiger partial charge in [-0.2, -0.15) is 0 Å². The first kappa shape index (κ1) is 33.4. The number of hydrogen-bond acceptors (Lipinski definition) is 3. The van der Waals surface area contributed by atoms with Crippen molar-refractivity contribution < 1.29 is 18.4 Å². The summed E-state index contributed by atoms with van der Waals surface area (Å²) in [6, 6.07) is 8.26. The van der Waals surface area contributed by atoms with E-state index in [1.807, 2.05) is 11.8 Å². The maximum absolute atomic E-state index is 13.7. The molecule has 1 aliphatic carbocycles. The fourth-order valence-corrected chi connectivity index (χ4v) is 7.70. The van der Waals surface area contributed by atoms with Crippen LogP contribution in [0.25, 0.3) is 0 Å². The third-order valence-electron chi connectivity index (χ3n) is 10.5. The number of likely N-dealkylation sites (tertiary alicyclic amines) is 2. The number of hydrogen-bond donors (Lipinski definition) is 1. The lowest BCUT2D eigenvalue weighted by atomic mass is 9.65. The number of benzene rings is 2.